The Kier molecular flexibility index (Phi) is 4.70. The standard InChI is InChI=1S/C10H15ClN4O4/c11-10(8(3-12)15(16)17)13-9-4-14(1-2-19-9)7-5-18-6-7/h3,7,9,12-13H,1-2,4-6H2/b10-8+,12-3?. The van der Waals surface area contributed by atoms with Crippen LogP contribution in [0, 0.1) is 15.5 Å². The molecule has 1 atom stereocenters. The van der Waals surface area contributed by atoms with E-state index in [-0.39, 0.29) is 5.16 Å². The molecule has 2 aliphatic heterocycles. The van der Waals surface area contributed by atoms with E-state index in [1.165, 1.54) is 0 Å². The molecule has 0 saturated carbocycles. The molecule has 0 spiro atoms. The molecule has 0 aromatic carbocycles. The first-order chi connectivity index (χ1) is 9.11. The lowest BCUT2D eigenvalue weighted by molar-refractivity contribution is -0.415. The lowest BCUT2D eigenvalue weighted by Crippen LogP contribution is -2.57. The molecule has 0 radical (unpaired) electrons. The van der Waals surface area contributed by atoms with Gasteiger partial charge in [0.15, 0.2) is 5.16 Å². The van der Waals surface area contributed by atoms with Crippen molar-refractivity contribution in [2.45, 2.75) is 12.3 Å². The molecule has 0 aromatic rings. The molecule has 19 heavy (non-hydrogen) atoms. The maximum Gasteiger partial charge on any atom is 0.321 e. The normalized spacial score (nSPS) is 26.3. The van der Waals surface area contributed by atoms with Gasteiger partial charge in [0.2, 0.25) is 0 Å². The van der Waals surface area contributed by atoms with Gasteiger partial charge >= 0.3 is 5.70 Å². The predicted octanol–water partition coefficient (Wildman–Crippen LogP) is -0.0327. The molecule has 1 unspecified atom stereocenters. The van der Waals surface area contributed by atoms with Gasteiger partial charge in [0.1, 0.15) is 6.23 Å². The van der Waals surface area contributed by atoms with Crippen LogP contribution in [0.1, 0.15) is 0 Å². The molecule has 2 saturated heterocycles. The largest absolute Gasteiger partial charge is 0.378 e. The summed E-state index contributed by atoms with van der Waals surface area (Å²) in [6.45, 7) is 3.32. The van der Waals surface area contributed by atoms with Gasteiger partial charge in [0.25, 0.3) is 0 Å². The lowest BCUT2D eigenvalue weighted by Gasteiger charge is -2.41. The van der Waals surface area contributed by atoms with E-state index >= 15 is 0 Å². The molecule has 106 valence electrons. The minimum atomic E-state index is -0.706. The summed E-state index contributed by atoms with van der Waals surface area (Å²) in [5.74, 6) is 0. The Labute approximate surface area is 115 Å². The fourth-order valence-corrected chi connectivity index (χ4v) is 2.18. The van der Waals surface area contributed by atoms with Crippen molar-refractivity contribution in [2.24, 2.45) is 0 Å². The van der Waals surface area contributed by atoms with E-state index in [1.807, 2.05) is 0 Å². The molecule has 2 aliphatic rings. The quantitative estimate of drug-likeness (QED) is 0.319. The minimum absolute atomic E-state index is 0.184. The summed E-state index contributed by atoms with van der Waals surface area (Å²) in [7, 11) is 0. The summed E-state index contributed by atoms with van der Waals surface area (Å²) in [5, 5.41) is 20.2. The number of nitrogens with zero attached hydrogens (tertiary/aromatic N) is 2. The van der Waals surface area contributed by atoms with Crippen LogP contribution in [-0.2, 0) is 9.47 Å². The van der Waals surface area contributed by atoms with Crippen LogP contribution in [0.2, 0.25) is 0 Å². The van der Waals surface area contributed by atoms with Crippen LogP contribution in [0.25, 0.3) is 0 Å². The first-order valence-electron chi connectivity index (χ1n) is 5.86. The average molecular weight is 291 g/mol. The van der Waals surface area contributed by atoms with E-state index in [1.54, 1.807) is 0 Å². The molecule has 0 bridgehead atoms. The van der Waals surface area contributed by atoms with Crippen LogP contribution in [0.3, 0.4) is 0 Å². The SMILES string of the molecule is N=C/C(=C(/Cl)NC1CN(C2COC2)CCO1)[N+](=O)[O-]. The van der Waals surface area contributed by atoms with Crippen LogP contribution in [-0.4, -0.2) is 61.2 Å². The zero-order valence-electron chi connectivity index (χ0n) is 10.2. The van der Waals surface area contributed by atoms with Gasteiger partial charge < -0.3 is 20.2 Å². The van der Waals surface area contributed by atoms with E-state index in [4.69, 9.17) is 26.5 Å². The zero-order valence-corrected chi connectivity index (χ0v) is 10.9. The minimum Gasteiger partial charge on any atom is -0.378 e. The molecule has 9 heteroatoms. The molecular formula is C10H15ClN4O4. The molecule has 2 rings (SSSR count). The molecule has 2 N–H and O–H groups in total. The second-order valence-corrected chi connectivity index (χ2v) is 4.67. The van der Waals surface area contributed by atoms with Gasteiger partial charge in [0, 0.05) is 13.1 Å². The Morgan fingerprint density at radius 3 is 2.84 bits per heavy atom. The summed E-state index contributed by atoms with van der Waals surface area (Å²) in [6, 6.07) is 0.383. The molecule has 2 heterocycles. The summed E-state index contributed by atoms with van der Waals surface area (Å²) in [5.41, 5.74) is -0.477. The number of morpholine rings is 1. The Balaban J connectivity index is 1.94. The van der Waals surface area contributed by atoms with E-state index in [0.717, 1.165) is 6.54 Å². The van der Waals surface area contributed by atoms with E-state index in [0.29, 0.717) is 38.6 Å². The third kappa shape index (κ3) is 3.41. The van der Waals surface area contributed by atoms with Gasteiger partial charge in [-0.3, -0.25) is 15.0 Å². The summed E-state index contributed by atoms with van der Waals surface area (Å²) < 4.78 is 10.6. The molecule has 8 nitrogen and oxygen atoms in total. The van der Waals surface area contributed by atoms with E-state index in [9.17, 15) is 10.1 Å². The van der Waals surface area contributed by atoms with Gasteiger partial charge in [0.05, 0.1) is 37.0 Å². The smallest absolute Gasteiger partial charge is 0.321 e. The van der Waals surface area contributed by atoms with Crippen molar-refractivity contribution < 1.29 is 14.4 Å². The summed E-state index contributed by atoms with van der Waals surface area (Å²) in [4.78, 5) is 12.1. The second kappa shape index (κ2) is 6.29. The van der Waals surface area contributed by atoms with Crippen LogP contribution in [0.4, 0.5) is 0 Å². The number of hydrogen-bond donors (Lipinski definition) is 2. The highest BCUT2D eigenvalue weighted by molar-refractivity contribution is 6.30. The van der Waals surface area contributed by atoms with Gasteiger partial charge in [-0.25, -0.2) is 0 Å². The topological polar surface area (TPSA) is 101 Å². The highest BCUT2D eigenvalue weighted by atomic mass is 35.5. The van der Waals surface area contributed by atoms with Crippen molar-refractivity contribution in [2.75, 3.05) is 32.9 Å². The van der Waals surface area contributed by atoms with E-state index < -0.39 is 16.8 Å². The third-order valence-electron chi connectivity index (χ3n) is 3.08. The molecule has 0 aromatic heterocycles. The number of halogens is 1. The van der Waals surface area contributed by atoms with Crippen LogP contribution in [0.5, 0.6) is 0 Å². The first kappa shape index (κ1) is 14.2. The van der Waals surface area contributed by atoms with Crippen molar-refractivity contribution >= 4 is 17.8 Å². The van der Waals surface area contributed by atoms with Crippen molar-refractivity contribution in [1.82, 2.24) is 10.2 Å². The fourth-order valence-electron chi connectivity index (χ4n) is 1.93. The molecule has 0 aliphatic carbocycles. The monoisotopic (exact) mass is 290 g/mol. The zero-order chi connectivity index (χ0) is 13.8. The number of allylic oxidation sites excluding steroid dienone is 1. The Bertz CT molecular complexity index is 399. The first-order valence-corrected chi connectivity index (χ1v) is 6.24. The van der Waals surface area contributed by atoms with Gasteiger partial charge in [-0.2, -0.15) is 0 Å². The molecule has 2 fully saturated rings. The lowest BCUT2D eigenvalue weighted by atomic mass is 10.2. The number of rotatable bonds is 5. The Morgan fingerprint density at radius 1 is 1.58 bits per heavy atom. The van der Waals surface area contributed by atoms with Gasteiger partial charge in [-0.15, -0.1) is 0 Å². The molecular weight excluding hydrogens is 276 g/mol. The van der Waals surface area contributed by atoms with Crippen molar-refractivity contribution in [1.29, 1.82) is 5.41 Å². The van der Waals surface area contributed by atoms with Crippen molar-refractivity contribution in [3.63, 3.8) is 0 Å². The number of nitro groups is 1. The van der Waals surface area contributed by atoms with Crippen LogP contribution < -0.4 is 5.32 Å². The predicted molar refractivity (Wildman–Crippen MR) is 67.7 cm³/mol. The number of ether oxygens (including phenoxy) is 2. The van der Waals surface area contributed by atoms with Crippen molar-refractivity contribution in [3.8, 4) is 0 Å². The summed E-state index contributed by atoms with van der Waals surface area (Å²) >= 11 is 5.80. The average Bonchev–Trinajstić information content (AvgIpc) is 2.27. The van der Waals surface area contributed by atoms with Crippen LogP contribution in [0.15, 0.2) is 10.9 Å². The number of nitrogens with one attached hydrogen (secondary N) is 2. The van der Waals surface area contributed by atoms with Crippen LogP contribution >= 0.6 is 11.6 Å². The van der Waals surface area contributed by atoms with Gasteiger partial charge in [-0.1, -0.05) is 11.6 Å². The van der Waals surface area contributed by atoms with Gasteiger partial charge in [-0.05, 0) is 0 Å². The van der Waals surface area contributed by atoms with Crippen molar-refractivity contribution in [3.05, 3.63) is 21.0 Å². The highest BCUT2D eigenvalue weighted by Crippen LogP contribution is 2.16. The third-order valence-corrected chi connectivity index (χ3v) is 3.38. The number of hydrogen-bond acceptors (Lipinski definition) is 7. The molecule has 0 amide bonds. The van der Waals surface area contributed by atoms with E-state index in [2.05, 4.69) is 10.2 Å². The maximum atomic E-state index is 10.6. The maximum absolute atomic E-state index is 10.6. The highest BCUT2D eigenvalue weighted by Gasteiger charge is 2.31. The Morgan fingerprint density at radius 2 is 2.32 bits per heavy atom. The second-order valence-electron chi connectivity index (χ2n) is 4.29. The fraction of sp³-hybridized carbons (Fsp3) is 0.700. The Hall–Kier alpha value is -1.22. The summed E-state index contributed by atoms with van der Waals surface area (Å²) in [6.07, 6.45) is 0.187.